The van der Waals surface area contributed by atoms with Crippen molar-refractivity contribution in [1.82, 2.24) is 5.32 Å². The second-order valence-electron chi connectivity index (χ2n) is 3.92. The molecule has 14 heavy (non-hydrogen) atoms. The number of hydrogen-bond acceptors (Lipinski definition) is 3. The van der Waals surface area contributed by atoms with E-state index in [4.69, 9.17) is 4.74 Å². The highest BCUT2D eigenvalue weighted by atomic mass is 32.1. The lowest BCUT2D eigenvalue weighted by Gasteiger charge is -2.34. The first-order chi connectivity index (χ1) is 6.76. The molecule has 0 saturated heterocycles. The van der Waals surface area contributed by atoms with Gasteiger partial charge in [-0.3, -0.25) is 0 Å². The monoisotopic (exact) mass is 211 g/mol. The van der Waals surface area contributed by atoms with Crippen LogP contribution in [0.5, 0.6) is 0 Å². The highest BCUT2D eigenvalue weighted by molar-refractivity contribution is 7.10. The van der Waals surface area contributed by atoms with Gasteiger partial charge in [-0.2, -0.15) is 0 Å². The Kier molecular flexibility index (Phi) is 2.91. The van der Waals surface area contributed by atoms with E-state index in [1.54, 1.807) is 0 Å². The predicted molar refractivity (Wildman–Crippen MR) is 59.9 cm³/mol. The quantitative estimate of drug-likeness (QED) is 0.827. The van der Waals surface area contributed by atoms with Gasteiger partial charge in [0, 0.05) is 18.0 Å². The van der Waals surface area contributed by atoms with E-state index >= 15 is 0 Å². The molecule has 0 amide bonds. The van der Waals surface area contributed by atoms with E-state index in [2.05, 4.69) is 23.7 Å². The van der Waals surface area contributed by atoms with E-state index in [9.17, 15) is 0 Å². The third-order valence-electron chi connectivity index (χ3n) is 2.75. The van der Waals surface area contributed by atoms with E-state index < -0.39 is 0 Å². The lowest BCUT2D eigenvalue weighted by atomic mass is 9.92. The average molecular weight is 211 g/mol. The second kappa shape index (κ2) is 4.01. The molecule has 1 unspecified atom stereocenters. The predicted octanol–water partition coefficient (Wildman–Crippen LogP) is 2.15. The minimum atomic E-state index is 0.0394. The SMILES string of the molecule is CCOCC1(C)NCCc2ccsc21. The van der Waals surface area contributed by atoms with Gasteiger partial charge in [0.15, 0.2) is 0 Å². The fourth-order valence-corrected chi connectivity index (χ4v) is 3.07. The third-order valence-corrected chi connectivity index (χ3v) is 3.97. The first-order valence-electron chi connectivity index (χ1n) is 5.16. The van der Waals surface area contributed by atoms with Gasteiger partial charge >= 0.3 is 0 Å². The largest absolute Gasteiger partial charge is 0.379 e. The Hall–Kier alpha value is -0.380. The molecule has 2 heterocycles. The Balaban J connectivity index is 2.21. The fraction of sp³-hybridized carbons (Fsp3) is 0.636. The van der Waals surface area contributed by atoms with Crippen molar-refractivity contribution in [1.29, 1.82) is 0 Å². The summed E-state index contributed by atoms with van der Waals surface area (Å²) in [6, 6.07) is 2.24. The molecule has 3 heteroatoms. The van der Waals surface area contributed by atoms with Gasteiger partial charge < -0.3 is 10.1 Å². The van der Waals surface area contributed by atoms with Gasteiger partial charge in [0.25, 0.3) is 0 Å². The minimum Gasteiger partial charge on any atom is -0.379 e. The van der Waals surface area contributed by atoms with Crippen LogP contribution in [-0.2, 0) is 16.7 Å². The highest BCUT2D eigenvalue weighted by Crippen LogP contribution is 2.33. The van der Waals surface area contributed by atoms with Crippen molar-refractivity contribution in [2.45, 2.75) is 25.8 Å². The molecule has 0 saturated carbocycles. The molecule has 0 spiro atoms. The molecule has 2 nitrogen and oxygen atoms in total. The molecule has 1 N–H and O–H groups in total. The number of nitrogens with one attached hydrogen (secondary N) is 1. The van der Waals surface area contributed by atoms with Gasteiger partial charge in [-0.1, -0.05) is 0 Å². The first-order valence-corrected chi connectivity index (χ1v) is 6.04. The van der Waals surface area contributed by atoms with Crippen molar-refractivity contribution >= 4 is 11.3 Å². The highest BCUT2D eigenvalue weighted by Gasteiger charge is 2.32. The lowest BCUT2D eigenvalue weighted by Crippen LogP contribution is -2.47. The zero-order valence-corrected chi connectivity index (χ0v) is 9.62. The van der Waals surface area contributed by atoms with Gasteiger partial charge in [-0.25, -0.2) is 0 Å². The molecule has 0 bridgehead atoms. The Labute approximate surface area is 89.3 Å². The van der Waals surface area contributed by atoms with Crippen LogP contribution in [-0.4, -0.2) is 19.8 Å². The molecule has 0 radical (unpaired) electrons. The molecule has 0 aliphatic carbocycles. The zero-order valence-electron chi connectivity index (χ0n) is 8.80. The van der Waals surface area contributed by atoms with E-state index in [1.165, 1.54) is 10.4 Å². The molecule has 1 aliphatic rings. The fourth-order valence-electron chi connectivity index (χ4n) is 1.99. The minimum absolute atomic E-state index is 0.0394. The molecular formula is C11H17NOS. The maximum atomic E-state index is 5.55. The van der Waals surface area contributed by atoms with Crippen LogP contribution >= 0.6 is 11.3 Å². The maximum Gasteiger partial charge on any atom is 0.0739 e. The topological polar surface area (TPSA) is 21.3 Å². The molecule has 1 aromatic rings. The summed E-state index contributed by atoms with van der Waals surface area (Å²) < 4.78 is 5.55. The van der Waals surface area contributed by atoms with Crippen LogP contribution in [0, 0.1) is 0 Å². The molecule has 78 valence electrons. The summed E-state index contributed by atoms with van der Waals surface area (Å²) >= 11 is 1.84. The first kappa shape index (κ1) is 10.1. The smallest absolute Gasteiger partial charge is 0.0739 e. The van der Waals surface area contributed by atoms with Crippen LogP contribution in [0.4, 0.5) is 0 Å². The molecule has 1 aliphatic heterocycles. The van der Waals surface area contributed by atoms with Crippen molar-refractivity contribution in [3.05, 3.63) is 21.9 Å². The maximum absolute atomic E-state index is 5.55. The number of hydrogen-bond donors (Lipinski definition) is 1. The van der Waals surface area contributed by atoms with Crippen LogP contribution in [0.15, 0.2) is 11.4 Å². The van der Waals surface area contributed by atoms with Gasteiger partial charge in [-0.15, -0.1) is 11.3 Å². The zero-order chi connectivity index (χ0) is 10.0. The van der Waals surface area contributed by atoms with E-state index in [-0.39, 0.29) is 5.54 Å². The average Bonchev–Trinajstić information content (AvgIpc) is 2.65. The number of fused-ring (bicyclic) bond motifs is 1. The molecule has 1 atom stereocenters. The number of ether oxygens (including phenoxy) is 1. The van der Waals surface area contributed by atoms with Crippen LogP contribution < -0.4 is 5.32 Å². The second-order valence-corrected chi connectivity index (χ2v) is 4.84. The normalized spacial score (nSPS) is 26.1. The summed E-state index contributed by atoms with van der Waals surface area (Å²) in [5.74, 6) is 0. The van der Waals surface area contributed by atoms with Crippen LogP contribution in [0.25, 0.3) is 0 Å². The number of rotatable bonds is 3. The van der Waals surface area contributed by atoms with Crippen molar-refractivity contribution in [3.8, 4) is 0 Å². The van der Waals surface area contributed by atoms with Crippen molar-refractivity contribution < 1.29 is 4.74 Å². The molecular weight excluding hydrogens is 194 g/mol. The van der Waals surface area contributed by atoms with Gasteiger partial charge in [0.1, 0.15) is 0 Å². The van der Waals surface area contributed by atoms with Crippen LogP contribution in [0.1, 0.15) is 24.3 Å². The van der Waals surface area contributed by atoms with Gasteiger partial charge in [-0.05, 0) is 37.3 Å². The van der Waals surface area contributed by atoms with Crippen molar-refractivity contribution in [2.75, 3.05) is 19.8 Å². The van der Waals surface area contributed by atoms with Crippen LogP contribution in [0.2, 0.25) is 0 Å². The lowest BCUT2D eigenvalue weighted by molar-refractivity contribution is 0.0820. The summed E-state index contributed by atoms with van der Waals surface area (Å²) in [4.78, 5) is 1.46. The van der Waals surface area contributed by atoms with Crippen LogP contribution in [0.3, 0.4) is 0 Å². The third kappa shape index (κ3) is 1.72. The molecule has 2 rings (SSSR count). The molecule has 1 aromatic heterocycles. The summed E-state index contributed by atoms with van der Waals surface area (Å²) in [5, 5.41) is 5.74. The summed E-state index contributed by atoms with van der Waals surface area (Å²) in [6.45, 7) is 6.90. The van der Waals surface area contributed by atoms with Crippen molar-refractivity contribution in [3.63, 3.8) is 0 Å². The Morgan fingerprint density at radius 3 is 3.29 bits per heavy atom. The van der Waals surface area contributed by atoms with E-state index in [0.29, 0.717) is 0 Å². The van der Waals surface area contributed by atoms with Crippen molar-refractivity contribution in [2.24, 2.45) is 0 Å². The molecule has 0 aromatic carbocycles. The van der Waals surface area contributed by atoms with E-state index in [1.807, 2.05) is 18.3 Å². The standard InChI is InChI=1S/C11H17NOS/c1-3-13-8-11(2)10-9(4-6-12-11)5-7-14-10/h5,7,12H,3-4,6,8H2,1-2H3. The Bertz CT molecular complexity index is 310. The van der Waals surface area contributed by atoms with E-state index in [0.717, 1.165) is 26.2 Å². The Morgan fingerprint density at radius 1 is 1.64 bits per heavy atom. The summed E-state index contributed by atoms with van der Waals surface area (Å²) in [7, 11) is 0. The summed E-state index contributed by atoms with van der Waals surface area (Å²) in [6.07, 6.45) is 1.15. The Morgan fingerprint density at radius 2 is 2.50 bits per heavy atom. The number of thiophene rings is 1. The molecule has 0 fully saturated rings. The van der Waals surface area contributed by atoms with Gasteiger partial charge in [0.2, 0.25) is 0 Å². The summed E-state index contributed by atoms with van der Waals surface area (Å²) in [5.41, 5.74) is 1.54. The van der Waals surface area contributed by atoms with Gasteiger partial charge in [0.05, 0.1) is 12.1 Å².